The number of anilines is 1. The van der Waals surface area contributed by atoms with Crippen molar-refractivity contribution in [1.82, 2.24) is 4.98 Å². The van der Waals surface area contributed by atoms with Gasteiger partial charge in [0.2, 0.25) is 5.91 Å². The third-order valence-electron chi connectivity index (χ3n) is 5.23. The van der Waals surface area contributed by atoms with Gasteiger partial charge in [-0.2, -0.15) is 0 Å². The maximum absolute atomic E-state index is 12.7. The van der Waals surface area contributed by atoms with E-state index >= 15 is 0 Å². The van der Waals surface area contributed by atoms with Gasteiger partial charge in [-0.15, -0.1) is 0 Å². The molecule has 1 aromatic heterocycles. The van der Waals surface area contributed by atoms with Gasteiger partial charge in [-0.1, -0.05) is 61.5 Å². The molecule has 0 saturated carbocycles. The lowest BCUT2D eigenvalue weighted by molar-refractivity contribution is -0.119. The van der Waals surface area contributed by atoms with Crippen molar-refractivity contribution in [2.24, 2.45) is 5.92 Å². The molecule has 0 unspecified atom stereocenters. The van der Waals surface area contributed by atoms with Crippen LogP contribution < -0.4 is 5.32 Å². The molecule has 3 heteroatoms. The van der Waals surface area contributed by atoms with Crippen molar-refractivity contribution in [1.29, 1.82) is 0 Å². The predicted octanol–water partition coefficient (Wildman–Crippen LogP) is 5.64. The Balaban J connectivity index is 1.39. The third-order valence-corrected chi connectivity index (χ3v) is 5.23. The molecule has 1 heterocycles. The van der Waals surface area contributed by atoms with E-state index in [4.69, 9.17) is 0 Å². The van der Waals surface area contributed by atoms with Crippen LogP contribution in [0, 0.1) is 5.92 Å². The maximum atomic E-state index is 12.7. The topological polar surface area (TPSA) is 42.0 Å². The first-order valence-corrected chi connectivity index (χ1v) is 9.94. The molecule has 1 N–H and O–H groups in total. The van der Waals surface area contributed by atoms with Gasteiger partial charge in [0, 0.05) is 24.0 Å². The van der Waals surface area contributed by atoms with Crippen molar-refractivity contribution in [2.75, 3.05) is 5.32 Å². The Labute approximate surface area is 171 Å². The number of hydrogen-bond acceptors (Lipinski definition) is 2. The summed E-state index contributed by atoms with van der Waals surface area (Å²) >= 11 is 0. The van der Waals surface area contributed by atoms with Crippen LogP contribution in [0.3, 0.4) is 0 Å². The maximum Gasteiger partial charge on any atom is 0.227 e. The second-order valence-electron chi connectivity index (χ2n) is 7.46. The summed E-state index contributed by atoms with van der Waals surface area (Å²) in [5, 5.41) is 5.48. The minimum Gasteiger partial charge on any atom is -0.326 e. The number of benzene rings is 3. The smallest absolute Gasteiger partial charge is 0.227 e. The Bertz CT molecular complexity index is 1100. The van der Waals surface area contributed by atoms with E-state index in [1.54, 1.807) is 12.4 Å². The van der Waals surface area contributed by atoms with Gasteiger partial charge in [0.05, 0.1) is 0 Å². The summed E-state index contributed by atoms with van der Waals surface area (Å²) in [6, 6.07) is 26.7. The number of pyridine rings is 1. The lowest BCUT2D eigenvalue weighted by Crippen LogP contribution is -2.22. The normalized spacial score (nSPS) is 11.9. The summed E-state index contributed by atoms with van der Waals surface area (Å²) in [5.74, 6) is -0.0721. The fourth-order valence-electron chi connectivity index (χ4n) is 3.60. The fraction of sp³-hybridized carbons (Fsp3) is 0.154. The first-order valence-electron chi connectivity index (χ1n) is 9.94. The van der Waals surface area contributed by atoms with Gasteiger partial charge in [-0.3, -0.25) is 9.78 Å². The molecule has 4 rings (SSSR count). The van der Waals surface area contributed by atoms with E-state index in [9.17, 15) is 4.79 Å². The number of nitrogens with one attached hydrogen (secondary N) is 1. The van der Waals surface area contributed by atoms with E-state index in [1.165, 1.54) is 27.5 Å². The van der Waals surface area contributed by atoms with Crippen LogP contribution in [-0.4, -0.2) is 10.9 Å². The molecule has 0 aliphatic rings. The van der Waals surface area contributed by atoms with Crippen LogP contribution in [0.25, 0.3) is 10.8 Å². The van der Waals surface area contributed by atoms with Gasteiger partial charge in [0.1, 0.15) is 0 Å². The molecule has 0 aliphatic heterocycles. The van der Waals surface area contributed by atoms with Crippen molar-refractivity contribution in [3.05, 3.63) is 108 Å². The molecular weight excluding hydrogens is 356 g/mol. The Hall–Kier alpha value is -3.46. The number of hydrogen-bond donors (Lipinski definition) is 1. The van der Waals surface area contributed by atoms with Crippen molar-refractivity contribution >= 4 is 22.4 Å². The molecule has 0 bridgehead atoms. The Morgan fingerprint density at radius 1 is 0.862 bits per heavy atom. The zero-order chi connectivity index (χ0) is 20.1. The van der Waals surface area contributed by atoms with Gasteiger partial charge < -0.3 is 5.32 Å². The standard InChI is InChI=1S/C26H24N2O/c1-19(17-23-7-4-6-22-5-2-3-8-25(22)23)26(29)28-24-11-9-20(10-12-24)18-21-13-15-27-16-14-21/h2-16,19H,17-18H2,1H3,(H,28,29)/t19-/m0/s1. The monoisotopic (exact) mass is 380 g/mol. The van der Waals surface area contributed by atoms with Gasteiger partial charge >= 0.3 is 0 Å². The average molecular weight is 380 g/mol. The summed E-state index contributed by atoms with van der Waals surface area (Å²) in [4.78, 5) is 16.8. The molecule has 3 aromatic carbocycles. The molecule has 1 amide bonds. The van der Waals surface area contributed by atoms with Crippen molar-refractivity contribution in [2.45, 2.75) is 19.8 Å². The fourth-order valence-corrected chi connectivity index (χ4v) is 3.60. The van der Waals surface area contributed by atoms with Gasteiger partial charge in [0.25, 0.3) is 0 Å². The van der Waals surface area contributed by atoms with Crippen LogP contribution in [0.15, 0.2) is 91.3 Å². The Morgan fingerprint density at radius 3 is 2.34 bits per heavy atom. The molecule has 0 radical (unpaired) electrons. The zero-order valence-electron chi connectivity index (χ0n) is 16.5. The van der Waals surface area contributed by atoms with Crippen molar-refractivity contribution in [3.8, 4) is 0 Å². The summed E-state index contributed by atoms with van der Waals surface area (Å²) in [7, 11) is 0. The van der Waals surface area contributed by atoms with E-state index in [-0.39, 0.29) is 11.8 Å². The summed E-state index contributed by atoms with van der Waals surface area (Å²) in [6.45, 7) is 1.98. The zero-order valence-corrected chi connectivity index (χ0v) is 16.5. The third kappa shape index (κ3) is 4.69. The second-order valence-corrected chi connectivity index (χ2v) is 7.46. The van der Waals surface area contributed by atoms with Crippen molar-refractivity contribution in [3.63, 3.8) is 0 Å². The molecule has 0 spiro atoms. The molecule has 0 aliphatic carbocycles. The minimum absolute atomic E-state index is 0.0415. The molecule has 1 atom stereocenters. The summed E-state index contributed by atoms with van der Waals surface area (Å²) < 4.78 is 0. The summed E-state index contributed by atoms with van der Waals surface area (Å²) in [6.07, 6.45) is 5.18. The van der Waals surface area contributed by atoms with Crippen LogP contribution in [0.2, 0.25) is 0 Å². The van der Waals surface area contributed by atoms with E-state index < -0.39 is 0 Å². The molecule has 3 nitrogen and oxygen atoms in total. The number of carbonyl (C=O) groups is 1. The van der Waals surface area contributed by atoms with Crippen molar-refractivity contribution < 1.29 is 4.79 Å². The molecule has 0 saturated heterocycles. The van der Waals surface area contributed by atoms with Gasteiger partial charge in [-0.05, 0) is 64.6 Å². The SMILES string of the molecule is C[C@@H](Cc1cccc2ccccc12)C(=O)Nc1ccc(Cc2ccncc2)cc1. The highest BCUT2D eigenvalue weighted by Gasteiger charge is 2.15. The van der Waals surface area contributed by atoms with Crippen LogP contribution in [0.4, 0.5) is 5.69 Å². The van der Waals surface area contributed by atoms with Gasteiger partial charge in [-0.25, -0.2) is 0 Å². The molecule has 144 valence electrons. The van der Waals surface area contributed by atoms with Crippen LogP contribution in [0.5, 0.6) is 0 Å². The van der Waals surface area contributed by atoms with E-state index in [1.807, 2.05) is 43.3 Å². The molecule has 4 aromatic rings. The number of amides is 1. The van der Waals surface area contributed by atoms with Gasteiger partial charge in [0.15, 0.2) is 0 Å². The van der Waals surface area contributed by atoms with Crippen LogP contribution in [-0.2, 0) is 17.6 Å². The molecule has 0 fully saturated rings. The first kappa shape index (κ1) is 18.9. The largest absolute Gasteiger partial charge is 0.326 e. The summed E-state index contributed by atoms with van der Waals surface area (Å²) in [5.41, 5.74) is 4.47. The minimum atomic E-state index is -0.114. The second kappa shape index (κ2) is 8.70. The van der Waals surface area contributed by atoms with Crippen LogP contribution in [0.1, 0.15) is 23.6 Å². The quantitative estimate of drug-likeness (QED) is 0.470. The number of fused-ring (bicyclic) bond motifs is 1. The number of carbonyl (C=O) groups excluding carboxylic acids is 1. The highest BCUT2D eigenvalue weighted by molar-refractivity contribution is 5.93. The number of aromatic nitrogens is 1. The highest BCUT2D eigenvalue weighted by Crippen LogP contribution is 2.22. The number of rotatable bonds is 6. The van der Waals surface area contributed by atoms with E-state index in [0.717, 1.165) is 12.1 Å². The lowest BCUT2D eigenvalue weighted by Gasteiger charge is -2.14. The van der Waals surface area contributed by atoms with E-state index in [0.29, 0.717) is 6.42 Å². The predicted molar refractivity (Wildman–Crippen MR) is 119 cm³/mol. The van der Waals surface area contributed by atoms with E-state index in [2.05, 4.69) is 52.8 Å². The first-order chi connectivity index (χ1) is 14.2. The number of nitrogens with zero attached hydrogens (tertiary/aromatic N) is 1. The molecule has 29 heavy (non-hydrogen) atoms. The highest BCUT2D eigenvalue weighted by atomic mass is 16.1. The Morgan fingerprint density at radius 2 is 1.55 bits per heavy atom. The Kier molecular flexibility index (Phi) is 5.66. The molecular formula is C26H24N2O. The lowest BCUT2D eigenvalue weighted by atomic mass is 9.95. The average Bonchev–Trinajstić information content (AvgIpc) is 2.76. The van der Waals surface area contributed by atoms with Crippen LogP contribution >= 0.6 is 0 Å².